The van der Waals surface area contributed by atoms with Gasteiger partial charge in [0.2, 0.25) is 0 Å². The van der Waals surface area contributed by atoms with Crippen LogP contribution < -0.4 is 11.7 Å². The van der Waals surface area contributed by atoms with E-state index in [0.717, 1.165) is 22.6 Å². The van der Waals surface area contributed by atoms with E-state index in [2.05, 4.69) is 26.6 Å². The van der Waals surface area contributed by atoms with Gasteiger partial charge in [0.05, 0.1) is 17.1 Å². The van der Waals surface area contributed by atoms with Crippen molar-refractivity contribution in [2.45, 2.75) is 0 Å². The fourth-order valence-electron chi connectivity index (χ4n) is 1.84. The normalized spacial score (nSPS) is 9.50. The molecule has 0 spiro atoms. The lowest BCUT2D eigenvalue weighted by Crippen LogP contribution is -2.02. The van der Waals surface area contributed by atoms with Gasteiger partial charge in [0, 0.05) is 24.2 Å². The topological polar surface area (TPSA) is 90.7 Å². The Kier molecular flexibility index (Phi) is 4.88. The summed E-state index contributed by atoms with van der Waals surface area (Å²) in [6.07, 6.45) is 5.33. The van der Waals surface area contributed by atoms with Crippen molar-refractivity contribution >= 4 is 0 Å². The maximum atomic E-state index is 4.42. The summed E-state index contributed by atoms with van der Waals surface area (Å²) in [6, 6.07) is 15.6. The highest BCUT2D eigenvalue weighted by Crippen LogP contribution is 2.26. The van der Waals surface area contributed by atoms with E-state index in [1.807, 2.05) is 48.5 Å². The van der Waals surface area contributed by atoms with E-state index in [9.17, 15) is 0 Å². The van der Waals surface area contributed by atoms with E-state index in [1.165, 1.54) is 0 Å². The van der Waals surface area contributed by atoms with Crippen LogP contribution in [0.25, 0.3) is 22.6 Å². The molecule has 3 heterocycles. The van der Waals surface area contributed by atoms with Crippen LogP contribution in [0.4, 0.5) is 0 Å². The standard InChI is InChI=1S/C15H11N3.H4N2/c1-3-9-16-13(7-1)12-6-5-11-18-15(12)14-8-2-4-10-17-14;1-2/h1-11H;1-2H2. The van der Waals surface area contributed by atoms with Crippen molar-refractivity contribution in [1.82, 2.24) is 15.0 Å². The zero-order valence-electron chi connectivity index (χ0n) is 10.8. The second kappa shape index (κ2) is 7.08. The SMILES string of the molecule is NN.c1ccc(-c2cccnc2-c2ccccn2)nc1. The van der Waals surface area contributed by atoms with Crippen molar-refractivity contribution in [2.24, 2.45) is 11.7 Å². The molecule has 0 saturated carbocycles. The molecule has 3 aromatic heterocycles. The average Bonchev–Trinajstić information content (AvgIpc) is 2.58. The monoisotopic (exact) mass is 265 g/mol. The molecule has 0 atom stereocenters. The predicted molar refractivity (Wildman–Crippen MR) is 79.1 cm³/mol. The lowest BCUT2D eigenvalue weighted by atomic mass is 10.1. The Labute approximate surface area is 117 Å². The second-order valence-electron chi connectivity index (χ2n) is 3.83. The molecule has 0 saturated heterocycles. The van der Waals surface area contributed by atoms with E-state index in [4.69, 9.17) is 0 Å². The molecule has 0 bridgehead atoms. The van der Waals surface area contributed by atoms with Crippen LogP contribution in [0.5, 0.6) is 0 Å². The largest absolute Gasteiger partial charge is 0.274 e. The van der Waals surface area contributed by atoms with Crippen molar-refractivity contribution < 1.29 is 0 Å². The zero-order valence-corrected chi connectivity index (χ0v) is 10.8. The lowest BCUT2D eigenvalue weighted by Gasteiger charge is -2.06. The van der Waals surface area contributed by atoms with E-state index in [0.29, 0.717) is 0 Å². The maximum Gasteiger partial charge on any atom is 0.0980 e. The molecule has 100 valence electrons. The molecule has 5 nitrogen and oxygen atoms in total. The number of nitrogens with two attached hydrogens (primary N) is 2. The number of pyridine rings is 3. The summed E-state index contributed by atoms with van der Waals surface area (Å²) in [7, 11) is 0. The van der Waals surface area contributed by atoms with E-state index in [-0.39, 0.29) is 0 Å². The van der Waals surface area contributed by atoms with Crippen LogP contribution in [-0.2, 0) is 0 Å². The fraction of sp³-hybridized carbons (Fsp3) is 0. The lowest BCUT2D eigenvalue weighted by molar-refractivity contribution is 1.23. The Bertz CT molecular complexity index is 582. The first-order valence-corrected chi connectivity index (χ1v) is 6.06. The van der Waals surface area contributed by atoms with Crippen LogP contribution in [0.15, 0.2) is 67.1 Å². The third-order valence-electron chi connectivity index (χ3n) is 2.66. The third kappa shape index (κ3) is 3.03. The summed E-state index contributed by atoms with van der Waals surface area (Å²) in [5, 5.41) is 0. The van der Waals surface area contributed by atoms with Crippen molar-refractivity contribution in [3.05, 3.63) is 67.1 Å². The first-order chi connectivity index (χ1) is 9.95. The van der Waals surface area contributed by atoms with Crippen molar-refractivity contribution in [1.29, 1.82) is 0 Å². The summed E-state index contributed by atoms with van der Waals surface area (Å²) in [5.41, 5.74) is 3.62. The van der Waals surface area contributed by atoms with Gasteiger partial charge in [-0.3, -0.25) is 26.6 Å². The van der Waals surface area contributed by atoms with Crippen LogP contribution in [0.2, 0.25) is 0 Å². The molecule has 0 aromatic carbocycles. The molecule has 0 fully saturated rings. The Morgan fingerprint density at radius 3 is 1.80 bits per heavy atom. The summed E-state index contributed by atoms with van der Waals surface area (Å²) in [6.45, 7) is 0. The molecular formula is C15H15N5. The first kappa shape index (κ1) is 13.8. The molecule has 0 amide bonds. The van der Waals surface area contributed by atoms with E-state index >= 15 is 0 Å². The number of hydrogen-bond acceptors (Lipinski definition) is 5. The van der Waals surface area contributed by atoms with Crippen LogP contribution in [0.1, 0.15) is 0 Å². The molecular weight excluding hydrogens is 250 g/mol. The summed E-state index contributed by atoms with van der Waals surface area (Å²) >= 11 is 0. The molecule has 20 heavy (non-hydrogen) atoms. The summed E-state index contributed by atoms with van der Waals surface area (Å²) < 4.78 is 0. The van der Waals surface area contributed by atoms with Crippen molar-refractivity contribution in [3.63, 3.8) is 0 Å². The number of nitrogens with zero attached hydrogens (tertiary/aromatic N) is 3. The smallest absolute Gasteiger partial charge is 0.0980 e. The number of hydrogen-bond donors (Lipinski definition) is 2. The van der Waals surface area contributed by atoms with Crippen molar-refractivity contribution in [2.75, 3.05) is 0 Å². The van der Waals surface area contributed by atoms with Gasteiger partial charge in [-0.1, -0.05) is 12.1 Å². The molecule has 0 radical (unpaired) electrons. The van der Waals surface area contributed by atoms with Gasteiger partial charge in [-0.15, -0.1) is 0 Å². The number of aromatic nitrogens is 3. The van der Waals surface area contributed by atoms with Gasteiger partial charge in [0.25, 0.3) is 0 Å². The molecule has 3 rings (SSSR count). The Morgan fingerprint density at radius 2 is 1.20 bits per heavy atom. The Hall–Kier alpha value is -2.63. The quantitative estimate of drug-likeness (QED) is 0.546. The maximum absolute atomic E-state index is 4.42. The molecule has 4 N–H and O–H groups in total. The highest BCUT2D eigenvalue weighted by Gasteiger charge is 2.09. The minimum Gasteiger partial charge on any atom is -0.274 e. The predicted octanol–water partition coefficient (Wildman–Crippen LogP) is 2.02. The molecule has 3 aromatic rings. The van der Waals surface area contributed by atoms with Crippen LogP contribution >= 0.6 is 0 Å². The van der Waals surface area contributed by atoms with Gasteiger partial charge in [-0.2, -0.15) is 0 Å². The van der Waals surface area contributed by atoms with Crippen molar-refractivity contribution in [3.8, 4) is 22.6 Å². The number of rotatable bonds is 2. The first-order valence-electron chi connectivity index (χ1n) is 6.06. The van der Waals surface area contributed by atoms with Crippen LogP contribution in [0, 0.1) is 0 Å². The Morgan fingerprint density at radius 1 is 0.600 bits per heavy atom. The molecule has 0 aliphatic heterocycles. The third-order valence-corrected chi connectivity index (χ3v) is 2.66. The van der Waals surface area contributed by atoms with E-state index in [1.54, 1.807) is 18.6 Å². The zero-order chi connectivity index (χ0) is 14.2. The molecule has 0 aliphatic carbocycles. The van der Waals surface area contributed by atoms with Crippen LogP contribution in [0.3, 0.4) is 0 Å². The van der Waals surface area contributed by atoms with Gasteiger partial charge in [-0.05, 0) is 36.4 Å². The summed E-state index contributed by atoms with van der Waals surface area (Å²) in [5.74, 6) is 8.00. The van der Waals surface area contributed by atoms with Gasteiger partial charge in [0.15, 0.2) is 0 Å². The van der Waals surface area contributed by atoms with Crippen LogP contribution in [-0.4, -0.2) is 15.0 Å². The Balaban J connectivity index is 0.000000704. The van der Waals surface area contributed by atoms with E-state index < -0.39 is 0 Å². The minimum atomic E-state index is 0.858. The highest BCUT2D eigenvalue weighted by atomic mass is 15.0. The van der Waals surface area contributed by atoms with Gasteiger partial charge in [-0.25, -0.2) is 0 Å². The molecule has 0 unspecified atom stereocenters. The molecule has 5 heteroatoms. The van der Waals surface area contributed by atoms with Gasteiger partial charge < -0.3 is 0 Å². The second-order valence-corrected chi connectivity index (χ2v) is 3.83. The fourth-order valence-corrected chi connectivity index (χ4v) is 1.84. The average molecular weight is 265 g/mol. The minimum absolute atomic E-state index is 0.858. The van der Waals surface area contributed by atoms with Gasteiger partial charge in [0.1, 0.15) is 0 Å². The summed E-state index contributed by atoms with van der Waals surface area (Å²) in [4.78, 5) is 13.1. The molecule has 0 aliphatic rings. The van der Waals surface area contributed by atoms with Gasteiger partial charge >= 0.3 is 0 Å². The number of hydrazine groups is 1. The highest BCUT2D eigenvalue weighted by molar-refractivity contribution is 5.76.